The summed E-state index contributed by atoms with van der Waals surface area (Å²) >= 11 is 1.70. The number of aromatic nitrogens is 3. The molecule has 2 heterocycles. The van der Waals surface area contributed by atoms with Crippen LogP contribution in [0.2, 0.25) is 0 Å². The number of aryl methyl sites for hydroxylation is 1. The van der Waals surface area contributed by atoms with Gasteiger partial charge in [-0.25, -0.2) is 4.98 Å². The molecule has 0 bridgehead atoms. The second-order valence-electron chi connectivity index (χ2n) is 5.19. The minimum absolute atomic E-state index is 0.262. The van der Waals surface area contributed by atoms with Gasteiger partial charge in [0.25, 0.3) is 0 Å². The van der Waals surface area contributed by atoms with Crippen molar-refractivity contribution in [1.82, 2.24) is 19.7 Å². The number of thiazole rings is 1. The molecular formula is C15H25N5S. The SMILES string of the molecule is CCN(CC)CCn1cc(NC(C)c2scnc2C)cn1. The highest BCUT2D eigenvalue weighted by Gasteiger charge is 2.11. The predicted molar refractivity (Wildman–Crippen MR) is 88.9 cm³/mol. The molecule has 0 spiro atoms. The van der Waals surface area contributed by atoms with Crippen molar-refractivity contribution >= 4 is 17.0 Å². The summed E-state index contributed by atoms with van der Waals surface area (Å²) in [6, 6.07) is 0.262. The molecule has 1 N–H and O–H groups in total. The average Bonchev–Trinajstić information content (AvgIpc) is 3.09. The Balaban J connectivity index is 1.89. The highest BCUT2D eigenvalue weighted by molar-refractivity contribution is 7.09. The van der Waals surface area contributed by atoms with Gasteiger partial charge >= 0.3 is 0 Å². The smallest absolute Gasteiger partial charge is 0.0798 e. The van der Waals surface area contributed by atoms with Gasteiger partial charge < -0.3 is 10.2 Å². The van der Waals surface area contributed by atoms with Gasteiger partial charge in [-0.2, -0.15) is 5.10 Å². The molecule has 0 fully saturated rings. The summed E-state index contributed by atoms with van der Waals surface area (Å²) in [5, 5.41) is 7.92. The van der Waals surface area contributed by atoms with E-state index in [1.807, 2.05) is 16.4 Å². The topological polar surface area (TPSA) is 46.0 Å². The third kappa shape index (κ3) is 4.28. The zero-order chi connectivity index (χ0) is 15.2. The van der Waals surface area contributed by atoms with Crippen molar-refractivity contribution in [3.05, 3.63) is 28.5 Å². The molecule has 1 atom stereocenters. The molecular weight excluding hydrogens is 282 g/mol. The number of hydrogen-bond donors (Lipinski definition) is 1. The van der Waals surface area contributed by atoms with Crippen LogP contribution in [0.4, 0.5) is 5.69 Å². The fourth-order valence-corrected chi connectivity index (χ4v) is 3.20. The molecule has 0 saturated carbocycles. The minimum atomic E-state index is 0.262. The molecule has 0 amide bonds. The van der Waals surface area contributed by atoms with Crippen LogP contribution in [-0.4, -0.2) is 39.3 Å². The summed E-state index contributed by atoms with van der Waals surface area (Å²) in [6.07, 6.45) is 3.98. The van der Waals surface area contributed by atoms with Gasteiger partial charge in [0.05, 0.1) is 35.7 Å². The van der Waals surface area contributed by atoms with Crippen LogP contribution in [0, 0.1) is 6.92 Å². The van der Waals surface area contributed by atoms with E-state index in [2.05, 4.69) is 54.2 Å². The van der Waals surface area contributed by atoms with Crippen LogP contribution in [0.15, 0.2) is 17.9 Å². The quantitative estimate of drug-likeness (QED) is 0.814. The average molecular weight is 307 g/mol. The molecule has 1 unspecified atom stereocenters. The van der Waals surface area contributed by atoms with E-state index in [-0.39, 0.29) is 6.04 Å². The monoisotopic (exact) mass is 307 g/mol. The lowest BCUT2D eigenvalue weighted by Crippen LogP contribution is -2.27. The van der Waals surface area contributed by atoms with Gasteiger partial charge in [0.15, 0.2) is 0 Å². The first-order valence-corrected chi connectivity index (χ1v) is 8.43. The second kappa shape index (κ2) is 7.56. The third-order valence-corrected chi connectivity index (χ3v) is 4.85. The molecule has 0 saturated heterocycles. The van der Waals surface area contributed by atoms with Crippen molar-refractivity contribution < 1.29 is 0 Å². The fraction of sp³-hybridized carbons (Fsp3) is 0.600. The molecule has 5 nitrogen and oxygen atoms in total. The van der Waals surface area contributed by atoms with Crippen LogP contribution < -0.4 is 5.32 Å². The summed E-state index contributed by atoms with van der Waals surface area (Å²) in [7, 11) is 0. The van der Waals surface area contributed by atoms with Crippen LogP contribution in [0.3, 0.4) is 0 Å². The minimum Gasteiger partial charge on any atom is -0.375 e. The number of rotatable bonds is 8. The van der Waals surface area contributed by atoms with Crippen LogP contribution >= 0.6 is 11.3 Å². The first-order valence-electron chi connectivity index (χ1n) is 7.55. The van der Waals surface area contributed by atoms with Gasteiger partial charge in [0, 0.05) is 17.6 Å². The van der Waals surface area contributed by atoms with Gasteiger partial charge in [0.1, 0.15) is 0 Å². The van der Waals surface area contributed by atoms with Crippen molar-refractivity contribution in [2.24, 2.45) is 0 Å². The van der Waals surface area contributed by atoms with Crippen LogP contribution in [0.5, 0.6) is 0 Å². The highest BCUT2D eigenvalue weighted by atomic mass is 32.1. The van der Waals surface area contributed by atoms with E-state index in [0.717, 1.165) is 37.6 Å². The lowest BCUT2D eigenvalue weighted by atomic mass is 10.2. The lowest BCUT2D eigenvalue weighted by molar-refractivity contribution is 0.285. The number of nitrogens with one attached hydrogen (secondary N) is 1. The molecule has 2 rings (SSSR count). The van der Waals surface area contributed by atoms with E-state index in [9.17, 15) is 0 Å². The van der Waals surface area contributed by atoms with Gasteiger partial charge in [0.2, 0.25) is 0 Å². The maximum atomic E-state index is 4.43. The molecule has 2 aromatic rings. The molecule has 0 aliphatic carbocycles. The summed E-state index contributed by atoms with van der Waals surface area (Å²) in [5.74, 6) is 0. The number of hydrogen-bond acceptors (Lipinski definition) is 5. The first-order chi connectivity index (χ1) is 10.1. The van der Waals surface area contributed by atoms with Gasteiger partial charge in [-0.15, -0.1) is 11.3 Å². The van der Waals surface area contributed by atoms with E-state index in [1.54, 1.807) is 11.3 Å². The lowest BCUT2D eigenvalue weighted by Gasteiger charge is -2.17. The first kappa shape index (κ1) is 16.0. The number of likely N-dealkylation sites (N-methyl/N-ethyl adjacent to an activating group) is 1. The van der Waals surface area contributed by atoms with Gasteiger partial charge in [-0.3, -0.25) is 4.68 Å². The molecule has 0 aliphatic heterocycles. The standard InChI is InChI=1S/C15H25N5S/c1-5-19(6-2)7-8-20-10-14(9-17-20)18-13(4)15-12(3)16-11-21-15/h9-11,13,18H,5-8H2,1-4H3. The Morgan fingerprint density at radius 2 is 2.14 bits per heavy atom. The Hall–Kier alpha value is -1.40. The Morgan fingerprint density at radius 3 is 2.76 bits per heavy atom. The van der Waals surface area contributed by atoms with Crippen molar-refractivity contribution in [3.63, 3.8) is 0 Å². The molecule has 21 heavy (non-hydrogen) atoms. The van der Waals surface area contributed by atoms with E-state index in [0.29, 0.717) is 0 Å². The van der Waals surface area contributed by atoms with Crippen LogP contribution in [0.1, 0.15) is 37.4 Å². The molecule has 0 radical (unpaired) electrons. The van der Waals surface area contributed by atoms with Gasteiger partial charge in [-0.1, -0.05) is 13.8 Å². The summed E-state index contributed by atoms with van der Waals surface area (Å²) in [6.45, 7) is 12.7. The molecule has 0 aliphatic rings. The maximum Gasteiger partial charge on any atom is 0.0798 e. The molecule has 6 heteroatoms. The zero-order valence-corrected chi connectivity index (χ0v) is 14.2. The zero-order valence-electron chi connectivity index (χ0n) is 13.3. The fourth-order valence-electron chi connectivity index (χ4n) is 2.39. The molecule has 2 aromatic heterocycles. The Labute approximate surface area is 131 Å². The maximum absolute atomic E-state index is 4.43. The van der Waals surface area contributed by atoms with E-state index in [4.69, 9.17) is 0 Å². The molecule has 0 aromatic carbocycles. The van der Waals surface area contributed by atoms with E-state index >= 15 is 0 Å². The van der Waals surface area contributed by atoms with Gasteiger partial charge in [-0.05, 0) is 26.9 Å². The number of anilines is 1. The predicted octanol–water partition coefficient (Wildman–Crippen LogP) is 3.16. The Bertz CT molecular complexity index is 544. The van der Waals surface area contributed by atoms with Crippen molar-refractivity contribution in [1.29, 1.82) is 0 Å². The van der Waals surface area contributed by atoms with Crippen LogP contribution in [0.25, 0.3) is 0 Å². The largest absolute Gasteiger partial charge is 0.375 e. The van der Waals surface area contributed by atoms with Crippen LogP contribution in [-0.2, 0) is 6.54 Å². The normalized spacial score (nSPS) is 12.8. The van der Waals surface area contributed by atoms with E-state index < -0.39 is 0 Å². The van der Waals surface area contributed by atoms with E-state index in [1.165, 1.54) is 4.88 Å². The third-order valence-electron chi connectivity index (χ3n) is 3.73. The summed E-state index contributed by atoms with van der Waals surface area (Å²) in [4.78, 5) is 7.99. The highest BCUT2D eigenvalue weighted by Crippen LogP contribution is 2.24. The summed E-state index contributed by atoms with van der Waals surface area (Å²) in [5.41, 5.74) is 4.07. The summed E-state index contributed by atoms with van der Waals surface area (Å²) < 4.78 is 2.01. The van der Waals surface area contributed by atoms with Crippen molar-refractivity contribution in [3.8, 4) is 0 Å². The van der Waals surface area contributed by atoms with Crippen molar-refractivity contribution in [2.45, 2.75) is 40.3 Å². The Kier molecular flexibility index (Phi) is 5.76. The Morgan fingerprint density at radius 1 is 1.38 bits per heavy atom. The van der Waals surface area contributed by atoms with Crippen molar-refractivity contribution in [2.75, 3.05) is 25.0 Å². The number of nitrogens with zero attached hydrogens (tertiary/aromatic N) is 4. The molecule has 116 valence electrons. The second-order valence-corrected chi connectivity index (χ2v) is 6.07.